The van der Waals surface area contributed by atoms with Crippen LogP contribution in [-0.2, 0) is 20.8 Å². The van der Waals surface area contributed by atoms with Gasteiger partial charge < -0.3 is 14.8 Å². The summed E-state index contributed by atoms with van der Waals surface area (Å²) in [6.45, 7) is 4.54. The first-order valence-electron chi connectivity index (χ1n) is 9.04. The molecule has 24 heavy (non-hydrogen) atoms. The van der Waals surface area contributed by atoms with Crippen LogP contribution in [0.15, 0.2) is 30.3 Å². The second-order valence-corrected chi connectivity index (χ2v) is 6.75. The molecule has 0 saturated carbocycles. The first-order chi connectivity index (χ1) is 11.8. The molecule has 0 bridgehead atoms. The van der Waals surface area contributed by atoms with Crippen molar-refractivity contribution in [2.24, 2.45) is 0 Å². The van der Waals surface area contributed by atoms with Crippen LogP contribution in [-0.4, -0.2) is 55.9 Å². The Labute approximate surface area is 144 Å². The van der Waals surface area contributed by atoms with E-state index in [2.05, 4.69) is 34.5 Å². The van der Waals surface area contributed by atoms with Gasteiger partial charge in [0.15, 0.2) is 0 Å². The SMILES string of the molecule is O=C(COC[C@H]1CCCO1)NC1CCN(Cc2ccccc2)CC1. The molecule has 0 aromatic heterocycles. The molecular formula is C19H28N2O3. The van der Waals surface area contributed by atoms with Crippen molar-refractivity contribution in [3.63, 3.8) is 0 Å². The predicted octanol–water partition coefficient (Wildman–Crippen LogP) is 1.96. The average Bonchev–Trinajstić information content (AvgIpc) is 3.11. The summed E-state index contributed by atoms with van der Waals surface area (Å²) in [4.78, 5) is 14.4. The van der Waals surface area contributed by atoms with Crippen LogP contribution in [0.3, 0.4) is 0 Å². The van der Waals surface area contributed by atoms with Crippen LogP contribution in [0, 0.1) is 0 Å². The van der Waals surface area contributed by atoms with Crippen LogP contribution in [0.4, 0.5) is 0 Å². The fourth-order valence-electron chi connectivity index (χ4n) is 3.41. The standard InChI is InChI=1S/C19H28N2O3/c22-19(15-23-14-18-7-4-12-24-18)20-17-8-10-21(11-9-17)13-16-5-2-1-3-6-16/h1-3,5-6,17-18H,4,7-15H2,(H,20,22)/t18-/m1/s1. The number of carbonyl (C=O) groups excluding carboxylic acids is 1. The van der Waals surface area contributed by atoms with E-state index in [0.717, 1.165) is 51.9 Å². The van der Waals surface area contributed by atoms with E-state index in [4.69, 9.17) is 9.47 Å². The molecule has 0 aliphatic carbocycles. The number of carbonyl (C=O) groups is 1. The molecule has 0 unspecified atom stereocenters. The van der Waals surface area contributed by atoms with Gasteiger partial charge in [-0.05, 0) is 31.2 Å². The minimum atomic E-state index is -0.00509. The molecule has 2 aliphatic rings. The molecule has 1 amide bonds. The van der Waals surface area contributed by atoms with Gasteiger partial charge in [0.25, 0.3) is 0 Å². The first kappa shape index (κ1) is 17.4. The summed E-state index contributed by atoms with van der Waals surface area (Å²) in [6, 6.07) is 10.8. The summed E-state index contributed by atoms with van der Waals surface area (Å²) < 4.78 is 11.0. The fraction of sp³-hybridized carbons (Fsp3) is 0.632. The van der Waals surface area contributed by atoms with Gasteiger partial charge in [-0.2, -0.15) is 0 Å². The van der Waals surface area contributed by atoms with Crippen molar-refractivity contribution >= 4 is 5.91 Å². The Kier molecular flexibility index (Phi) is 6.64. The number of hydrogen-bond acceptors (Lipinski definition) is 4. The smallest absolute Gasteiger partial charge is 0.246 e. The summed E-state index contributed by atoms with van der Waals surface area (Å²) in [7, 11) is 0. The number of hydrogen-bond donors (Lipinski definition) is 1. The topological polar surface area (TPSA) is 50.8 Å². The monoisotopic (exact) mass is 332 g/mol. The quantitative estimate of drug-likeness (QED) is 0.829. The number of ether oxygens (including phenoxy) is 2. The first-order valence-corrected chi connectivity index (χ1v) is 9.04. The minimum absolute atomic E-state index is 0.00509. The van der Waals surface area contributed by atoms with E-state index in [-0.39, 0.29) is 24.7 Å². The van der Waals surface area contributed by atoms with Crippen molar-refractivity contribution in [3.05, 3.63) is 35.9 Å². The lowest BCUT2D eigenvalue weighted by Crippen LogP contribution is -2.45. The van der Waals surface area contributed by atoms with E-state index < -0.39 is 0 Å². The lowest BCUT2D eigenvalue weighted by atomic mass is 10.0. The second-order valence-electron chi connectivity index (χ2n) is 6.75. The van der Waals surface area contributed by atoms with Crippen molar-refractivity contribution in [2.45, 2.75) is 44.4 Å². The maximum Gasteiger partial charge on any atom is 0.246 e. The van der Waals surface area contributed by atoms with Crippen molar-refractivity contribution in [1.29, 1.82) is 0 Å². The maximum atomic E-state index is 12.0. The lowest BCUT2D eigenvalue weighted by molar-refractivity contribution is -0.127. The van der Waals surface area contributed by atoms with E-state index in [9.17, 15) is 4.79 Å². The van der Waals surface area contributed by atoms with Crippen molar-refractivity contribution in [3.8, 4) is 0 Å². The van der Waals surface area contributed by atoms with E-state index in [1.807, 2.05) is 6.07 Å². The molecule has 1 aromatic rings. The Morgan fingerprint density at radius 1 is 1.21 bits per heavy atom. The van der Waals surface area contributed by atoms with E-state index in [1.165, 1.54) is 5.56 Å². The summed E-state index contributed by atoms with van der Waals surface area (Å²) in [6.07, 6.45) is 4.33. The number of nitrogens with zero attached hydrogens (tertiary/aromatic N) is 1. The summed E-state index contributed by atoms with van der Waals surface area (Å²) in [5.74, 6) is -0.00509. The van der Waals surface area contributed by atoms with Gasteiger partial charge in [0.1, 0.15) is 6.61 Å². The van der Waals surface area contributed by atoms with Gasteiger partial charge in [-0.3, -0.25) is 9.69 Å². The third-order valence-corrected chi connectivity index (χ3v) is 4.76. The lowest BCUT2D eigenvalue weighted by Gasteiger charge is -2.32. The van der Waals surface area contributed by atoms with Gasteiger partial charge >= 0.3 is 0 Å². The van der Waals surface area contributed by atoms with Crippen LogP contribution in [0.25, 0.3) is 0 Å². The van der Waals surface area contributed by atoms with Gasteiger partial charge in [0, 0.05) is 32.3 Å². The van der Waals surface area contributed by atoms with Crippen LogP contribution in [0.1, 0.15) is 31.2 Å². The average molecular weight is 332 g/mol. The summed E-state index contributed by atoms with van der Waals surface area (Å²) in [5.41, 5.74) is 1.35. The molecule has 2 aliphatic heterocycles. The summed E-state index contributed by atoms with van der Waals surface area (Å²) in [5, 5.41) is 3.10. The molecule has 5 heteroatoms. The maximum absolute atomic E-state index is 12.0. The highest BCUT2D eigenvalue weighted by Gasteiger charge is 2.21. The van der Waals surface area contributed by atoms with Crippen LogP contribution >= 0.6 is 0 Å². The molecule has 2 saturated heterocycles. The number of amides is 1. The molecule has 3 rings (SSSR count). The van der Waals surface area contributed by atoms with Gasteiger partial charge in [-0.15, -0.1) is 0 Å². The third-order valence-electron chi connectivity index (χ3n) is 4.76. The van der Waals surface area contributed by atoms with Crippen LogP contribution in [0.2, 0.25) is 0 Å². The number of nitrogens with one attached hydrogen (secondary N) is 1. The highest BCUT2D eigenvalue weighted by molar-refractivity contribution is 5.77. The zero-order valence-corrected chi connectivity index (χ0v) is 14.3. The molecule has 2 fully saturated rings. The van der Waals surface area contributed by atoms with Gasteiger partial charge in [-0.25, -0.2) is 0 Å². The van der Waals surface area contributed by atoms with Crippen LogP contribution in [0.5, 0.6) is 0 Å². The van der Waals surface area contributed by atoms with E-state index in [0.29, 0.717) is 6.61 Å². The Bertz CT molecular complexity index is 495. The Hall–Kier alpha value is -1.43. The molecular weight excluding hydrogens is 304 g/mol. The third kappa shape index (κ3) is 5.58. The number of rotatable bonds is 7. The Balaban J connectivity index is 1.29. The molecule has 1 atom stereocenters. The largest absolute Gasteiger partial charge is 0.376 e. The normalized spacial score (nSPS) is 22.6. The molecule has 1 N–H and O–H groups in total. The number of piperidine rings is 1. The van der Waals surface area contributed by atoms with Gasteiger partial charge in [-0.1, -0.05) is 30.3 Å². The van der Waals surface area contributed by atoms with E-state index in [1.54, 1.807) is 0 Å². The predicted molar refractivity (Wildman–Crippen MR) is 92.7 cm³/mol. The zero-order chi connectivity index (χ0) is 16.6. The number of likely N-dealkylation sites (tertiary alicyclic amines) is 1. The van der Waals surface area contributed by atoms with Crippen molar-refractivity contribution in [2.75, 3.05) is 32.9 Å². The highest BCUT2D eigenvalue weighted by atomic mass is 16.5. The molecule has 2 heterocycles. The zero-order valence-electron chi connectivity index (χ0n) is 14.3. The van der Waals surface area contributed by atoms with E-state index >= 15 is 0 Å². The Morgan fingerprint density at radius 3 is 2.71 bits per heavy atom. The fourth-order valence-corrected chi connectivity index (χ4v) is 3.41. The molecule has 0 spiro atoms. The summed E-state index contributed by atoms with van der Waals surface area (Å²) >= 11 is 0. The molecule has 1 aromatic carbocycles. The highest BCUT2D eigenvalue weighted by Crippen LogP contribution is 2.14. The van der Waals surface area contributed by atoms with Crippen molar-refractivity contribution < 1.29 is 14.3 Å². The van der Waals surface area contributed by atoms with Gasteiger partial charge in [0.2, 0.25) is 5.91 Å². The molecule has 5 nitrogen and oxygen atoms in total. The number of benzene rings is 1. The molecule has 132 valence electrons. The van der Waals surface area contributed by atoms with Crippen molar-refractivity contribution in [1.82, 2.24) is 10.2 Å². The minimum Gasteiger partial charge on any atom is -0.376 e. The molecule has 0 radical (unpaired) electrons. The second kappa shape index (κ2) is 9.16. The van der Waals surface area contributed by atoms with Crippen LogP contribution < -0.4 is 5.32 Å². The Morgan fingerprint density at radius 2 is 2.00 bits per heavy atom. The van der Waals surface area contributed by atoms with Gasteiger partial charge in [0.05, 0.1) is 12.7 Å².